The van der Waals surface area contributed by atoms with Crippen LogP contribution < -0.4 is 11.1 Å². The lowest BCUT2D eigenvalue weighted by atomic mass is 9.96. The number of piperidine rings is 1. The molecule has 1 aliphatic rings. The predicted molar refractivity (Wildman–Crippen MR) is 105 cm³/mol. The lowest BCUT2D eigenvalue weighted by Gasteiger charge is -2.31. The first-order valence-electron chi connectivity index (χ1n) is 9.09. The van der Waals surface area contributed by atoms with Gasteiger partial charge in [0.1, 0.15) is 0 Å². The normalized spacial score (nSPS) is 17.1. The third-order valence-corrected chi connectivity index (χ3v) is 4.88. The van der Waals surface area contributed by atoms with Crippen LogP contribution in [0.4, 0.5) is 11.4 Å². The van der Waals surface area contributed by atoms with E-state index in [-0.39, 0.29) is 23.1 Å². The fourth-order valence-corrected chi connectivity index (χ4v) is 3.44. The molecular weight excluding hydrogens is 360 g/mol. The van der Waals surface area contributed by atoms with Crippen LogP contribution in [0.5, 0.6) is 0 Å². The van der Waals surface area contributed by atoms with Crippen molar-refractivity contribution in [2.24, 2.45) is 11.7 Å². The topological polar surface area (TPSA) is 119 Å². The van der Waals surface area contributed by atoms with E-state index in [0.29, 0.717) is 18.7 Å². The molecule has 28 heavy (non-hydrogen) atoms. The minimum Gasteiger partial charge on any atom is -0.366 e. The Balaban J connectivity index is 1.69. The molecular formula is C20H22N4O4. The average Bonchev–Trinajstić information content (AvgIpc) is 2.69. The monoisotopic (exact) mass is 382 g/mol. The first kappa shape index (κ1) is 19.5. The number of hydrogen-bond acceptors (Lipinski definition) is 5. The molecule has 0 saturated carbocycles. The molecule has 2 aromatic carbocycles. The fourth-order valence-electron chi connectivity index (χ4n) is 3.44. The number of nitro groups is 1. The van der Waals surface area contributed by atoms with E-state index in [4.69, 9.17) is 5.73 Å². The van der Waals surface area contributed by atoms with Gasteiger partial charge in [0.2, 0.25) is 11.8 Å². The molecule has 0 aliphatic carbocycles. The maximum absolute atomic E-state index is 12.6. The minimum atomic E-state index is -0.703. The third-order valence-electron chi connectivity index (χ3n) is 4.88. The van der Waals surface area contributed by atoms with E-state index >= 15 is 0 Å². The summed E-state index contributed by atoms with van der Waals surface area (Å²) in [5.41, 5.74) is 6.44. The lowest BCUT2D eigenvalue weighted by molar-refractivity contribution is -0.385. The summed E-state index contributed by atoms with van der Waals surface area (Å²) < 4.78 is 0. The van der Waals surface area contributed by atoms with Gasteiger partial charge in [-0.05, 0) is 37.6 Å². The Labute approximate surface area is 162 Å². The summed E-state index contributed by atoms with van der Waals surface area (Å²) in [6.45, 7) is 1.61. The number of rotatable bonds is 6. The zero-order valence-corrected chi connectivity index (χ0v) is 15.3. The van der Waals surface area contributed by atoms with Gasteiger partial charge in [-0.2, -0.15) is 0 Å². The highest BCUT2D eigenvalue weighted by Gasteiger charge is 2.27. The summed E-state index contributed by atoms with van der Waals surface area (Å²) in [7, 11) is 0. The number of benzene rings is 2. The number of nitrogens with zero attached hydrogens (tertiary/aromatic N) is 2. The quantitative estimate of drug-likeness (QED) is 0.588. The van der Waals surface area contributed by atoms with Crippen molar-refractivity contribution in [1.29, 1.82) is 0 Å². The molecule has 8 nitrogen and oxygen atoms in total. The number of carbonyl (C=O) groups excluding carboxylic acids is 2. The van der Waals surface area contributed by atoms with Gasteiger partial charge in [0.15, 0.2) is 0 Å². The SMILES string of the molecule is NC(=O)c1ccc(CN2CCCC(C(=O)Nc3ccccc3)C2)c([N+](=O)[O-])c1. The Morgan fingerprint density at radius 1 is 1.21 bits per heavy atom. The first-order chi connectivity index (χ1) is 13.4. The molecule has 1 fully saturated rings. The molecule has 0 radical (unpaired) electrons. The average molecular weight is 382 g/mol. The molecule has 0 spiro atoms. The number of likely N-dealkylation sites (tertiary alicyclic amines) is 1. The van der Waals surface area contributed by atoms with E-state index in [0.717, 1.165) is 25.1 Å². The molecule has 1 heterocycles. The van der Waals surface area contributed by atoms with Crippen molar-refractivity contribution >= 4 is 23.2 Å². The molecule has 0 bridgehead atoms. The number of primary amides is 1. The highest BCUT2D eigenvalue weighted by molar-refractivity contribution is 5.93. The van der Waals surface area contributed by atoms with Crippen LogP contribution in [-0.4, -0.2) is 34.7 Å². The molecule has 146 valence electrons. The van der Waals surface area contributed by atoms with E-state index in [1.165, 1.54) is 12.1 Å². The molecule has 0 aromatic heterocycles. The van der Waals surface area contributed by atoms with Gasteiger partial charge < -0.3 is 11.1 Å². The van der Waals surface area contributed by atoms with Crippen LogP contribution in [0.15, 0.2) is 48.5 Å². The highest BCUT2D eigenvalue weighted by atomic mass is 16.6. The van der Waals surface area contributed by atoms with Gasteiger partial charge in [0.05, 0.1) is 10.8 Å². The summed E-state index contributed by atoms with van der Waals surface area (Å²) >= 11 is 0. The van der Waals surface area contributed by atoms with Crippen LogP contribution in [0, 0.1) is 16.0 Å². The fraction of sp³-hybridized carbons (Fsp3) is 0.300. The lowest BCUT2D eigenvalue weighted by Crippen LogP contribution is -2.40. The van der Waals surface area contributed by atoms with Crippen LogP contribution in [0.25, 0.3) is 0 Å². The second kappa shape index (κ2) is 8.62. The molecule has 8 heteroatoms. The number of nitrogens with one attached hydrogen (secondary N) is 1. The van der Waals surface area contributed by atoms with E-state index in [1.54, 1.807) is 6.07 Å². The van der Waals surface area contributed by atoms with Crippen LogP contribution in [-0.2, 0) is 11.3 Å². The van der Waals surface area contributed by atoms with Crippen LogP contribution in [0.2, 0.25) is 0 Å². The third kappa shape index (κ3) is 4.72. The summed E-state index contributed by atoms with van der Waals surface area (Å²) in [5.74, 6) is -0.933. The van der Waals surface area contributed by atoms with E-state index in [2.05, 4.69) is 5.32 Å². The number of nitro benzene ring substituents is 1. The summed E-state index contributed by atoms with van der Waals surface area (Å²) in [4.78, 5) is 36.8. The van der Waals surface area contributed by atoms with Crippen molar-refractivity contribution in [2.45, 2.75) is 19.4 Å². The molecule has 1 saturated heterocycles. The molecule has 1 unspecified atom stereocenters. The Kier molecular flexibility index (Phi) is 6.00. The van der Waals surface area contributed by atoms with Gasteiger partial charge in [-0.1, -0.05) is 24.3 Å². The van der Waals surface area contributed by atoms with Crippen molar-refractivity contribution in [3.05, 3.63) is 69.8 Å². The smallest absolute Gasteiger partial charge is 0.274 e. The summed E-state index contributed by atoms with van der Waals surface area (Å²) in [6, 6.07) is 13.5. The van der Waals surface area contributed by atoms with E-state index < -0.39 is 10.8 Å². The van der Waals surface area contributed by atoms with Gasteiger partial charge in [0.25, 0.3) is 5.69 Å². The van der Waals surface area contributed by atoms with E-state index in [1.807, 2.05) is 35.2 Å². The standard InChI is InChI=1S/C20H22N4O4/c21-19(25)14-8-9-15(18(11-14)24(27)28)12-23-10-4-5-16(13-23)20(26)22-17-6-2-1-3-7-17/h1-3,6-9,11,16H,4-5,10,12-13H2,(H2,21,25)(H,22,26). The van der Waals surface area contributed by atoms with Gasteiger partial charge in [-0.15, -0.1) is 0 Å². The molecule has 1 aliphatic heterocycles. The molecule has 2 amide bonds. The molecule has 1 atom stereocenters. The number of amides is 2. The maximum atomic E-state index is 12.6. The van der Waals surface area contributed by atoms with Gasteiger partial charge >= 0.3 is 0 Å². The van der Waals surface area contributed by atoms with Crippen molar-refractivity contribution in [3.8, 4) is 0 Å². The van der Waals surface area contributed by atoms with Crippen molar-refractivity contribution in [1.82, 2.24) is 4.90 Å². The molecule has 2 aromatic rings. The zero-order valence-electron chi connectivity index (χ0n) is 15.3. The zero-order chi connectivity index (χ0) is 20.1. The number of hydrogen-bond donors (Lipinski definition) is 2. The van der Waals surface area contributed by atoms with Crippen LogP contribution in [0.1, 0.15) is 28.8 Å². The minimum absolute atomic E-state index is 0.0468. The maximum Gasteiger partial charge on any atom is 0.274 e. The van der Waals surface area contributed by atoms with Crippen molar-refractivity contribution < 1.29 is 14.5 Å². The Bertz CT molecular complexity index is 885. The number of anilines is 1. The largest absolute Gasteiger partial charge is 0.366 e. The summed E-state index contributed by atoms with van der Waals surface area (Å²) in [5, 5.41) is 14.3. The number of nitrogens with two attached hydrogens (primary N) is 1. The summed E-state index contributed by atoms with van der Waals surface area (Å²) in [6.07, 6.45) is 1.61. The van der Waals surface area contributed by atoms with Crippen molar-refractivity contribution in [3.63, 3.8) is 0 Å². The Morgan fingerprint density at radius 2 is 1.96 bits per heavy atom. The Hall–Kier alpha value is -3.26. The van der Waals surface area contributed by atoms with Crippen molar-refractivity contribution in [2.75, 3.05) is 18.4 Å². The second-order valence-electron chi connectivity index (χ2n) is 6.89. The second-order valence-corrected chi connectivity index (χ2v) is 6.89. The van der Waals surface area contributed by atoms with Gasteiger partial charge in [0, 0.05) is 36.0 Å². The molecule has 3 N–H and O–H groups in total. The van der Waals surface area contributed by atoms with Crippen LogP contribution in [0.3, 0.4) is 0 Å². The first-order valence-corrected chi connectivity index (χ1v) is 9.09. The predicted octanol–water partition coefficient (Wildman–Crippen LogP) is 2.54. The molecule has 3 rings (SSSR count). The van der Waals surface area contributed by atoms with Crippen LogP contribution >= 0.6 is 0 Å². The number of para-hydroxylation sites is 1. The Morgan fingerprint density at radius 3 is 2.64 bits per heavy atom. The highest BCUT2D eigenvalue weighted by Crippen LogP contribution is 2.25. The van der Waals surface area contributed by atoms with Gasteiger partial charge in [-0.3, -0.25) is 24.6 Å². The van der Waals surface area contributed by atoms with Gasteiger partial charge in [-0.25, -0.2) is 0 Å². The van der Waals surface area contributed by atoms with E-state index in [9.17, 15) is 19.7 Å². The number of carbonyl (C=O) groups is 2.